The average Bonchev–Trinajstić information content (AvgIpc) is 2.87. The van der Waals surface area contributed by atoms with Gasteiger partial charge in [0.05, 0.1) is 43.6 Å². The van der Waals surface area contributed by atoms with Crippen LogP contribution in [0.5, 0.6) is 0 Å². The summed E-state index contributed by atoms with van der Waals surface area (Å²) in [6, 6.07) is 4.79. The number of hydrogen-bond acceptors (Lipinski definition) is 10. The van der Waals surface area contributed by atoms with Gasteiger partial charge in [0.25, 0.3) is 0 Å². The van der Waals surface area contributed by atoms with Crippen LogP contribution in [-0.2, 0) is 30.4 Å². The summed E-state index contributed by atoms with van der Waals surface area (Å²) in [6.45, 7) is -2.92. The van der Waals surface area contributed by atoms with E-state index in [1.165, 1.54) is 9.80 Å². The number of hydrogen-bond donors (Lipinski definition) is 5. The van der Waals surface area contributed by atoms with Crippen LogP contribution in [0.4, 0.5) is 5.69 Å². The number of thiocarbonyl (C=S) groups is 1. The molecule has 224 valence electrons. The molecular weight excluding hydrogens is 560 g/mol. The van der Waals surface area contributed by atoms with Gasteiger partial charge in [-0.3, -0.25) is 38.7 Å². The lowest BCUT2D eigenvalue weighted by Gasteiger charge is -2.45. The van der Waals surface area contributed by atoms with Gasteiger partial charge in [0, 0.05) is 24.7 Å². The normalized spacial score (nSPS) is 17.6. The van der Waals surface area contributed by atoms with Crippen molar-refractivity contribution in [2.75, 3.05) is 39.3 Å². The van der Waals surface area contributed by atoms with Crippen molar-refractivity contribution in [3.63, 3.8) is 0 Å². The maximum atomic E-state index is 12.0. The zero-order chi connectivity index (χ0) is 30.5. The molecule has 15 heteroatoms. The molecule has 0 aliphatic heterocycles. The molecule has 1 aliphatic rings. The van der Waals surface area contributed by atoms with E-state index in [1.807, 2.05) is 0 Å². The van der Waals surface area contributed by atoms with E-state index in [4.69, 9.17) is 0 Å². The van der Waals surface area contributed by atoms with Crippen LogP contribution in [0.15, 0.2) is 29.3 Å². The summed E-state index contributed by atoms with van der Waals surface area (Å²) < 4.78 is 0. The largest absolute Gasteiger partial charge is 0.480 e. The summed E-state index contributed by atoms with van der Waals surface area (Å²) in [4.78, 5) is 66.5. The van der Waals surface area contributed by atoms with Gasteiger partial charge < -0.3 is 25.5 Å². The molecule has 0 saturated heterocycles. The Kier molecular flexibility index (Phi) is 13.5. The highest BCUT2D eigenvalue weighted by molar-refractivity contribution is 7.78. The molecule has 1 aromatic carbocycles. The van der Waals surface area contributed by atoms with Crippen molar-refractivity contribution < 1.29 is 49.5 Å². The summed E-state index contributed by atoms with van der Waals surface area (Å²) in [5, 5.41) is 49.9. The Balaban J connectivity index is 2.51. The molecule has 3 atom stereocenters. The quantitative estimate of drug-likeness (QED) is 0.119. The zero-order valence-electron chi connectivity index (χ0n) is 22.3. The van der Waals surface area contributed by atoms with E-state index in [-0.39, 0.29) is 13.0 Å². The fraction of sp³-hybridized carbons (Fsp3) is 0.538. The van der Waals surface area contributed by atoms with Crippen molar-refractivity contribution in [3.8, 4) is 0 Å². The molecule has 1 aromatic rings. The van der Waals surface area contributed by atoms with Crippen molar-refractivity contribution in [1.29, 1.82) is 0 Å². The number of aliphatic carboxylic acids is 5. The van der Waals surface area contributed by atoms with Gasteiger partial charge in [-0.15, -0.1) is 0 Å². The minimum atomic E-state index is -1.27. The number of carboxylic acids is 5. The van der Waals surface area contributed by atoms with Crippen LogP contribution in [0.2, 0.25) is 0 Å². The molecule has 14 nitrogen and oxygen atoms in total. The summed E-state index contributed by atoms with van der Waals surface area (Å²) in [5.74, 6) is -6.18. The third-order valence-electron chi connectivity index (χ3n) is 6.87. The Morgan fingerprint density at radius 2 is 1.20 bits per heavy atom. The van der Waals surface area contributed by atoms with Gasteiger partial charge in [-0.2, -0.15) is 4.99 Å². The van der Waals surface area contributed by atoms with Crippen molar-refractivity contribution >= 4 is 52.9 Å². The fourth-order valence-electron chi connectivity index (χ4n) is 5.35. The molecule has 0 bridgehead atoms. The van der Waals surface area contributed by atoms with Crippen molar-refractivity contribution in [3.05, 3.63) is 29.8 Å². The smallest absolute Gasteiger partial charge is 0.317 e. The van der Waals surface area contributed by atoms with Crippen LogP contribution in [0, 0.1) is 0 Å². The van der Waals surface area contributed by atoms with Gasteiger partial charge >= 0.3 is 29.8 Å². The van der Waals surface area contributed by atoms with Gasteiger partial charge in [-0.25, -0.2) is 0 Å². The molecule has 0 amide bonds. The third kappa shape index (κ3) is 11.7. The molecule has 5 N–H and O–H groups in total. The Bertz CT molecular complexity index is 1110. The number of rotatable bonds is 18. The van der Waals surface area contributed by atoms with Gasteiger partial charge in [-0.1, -0.05) is 25.0 Å². The Labute approximate surface area is 241 Å². The lowest BCUT2D eigenvalue weighted by Crippen LogP contribution is -2.59. The highest BCUT2D eigenvalue weighted by Gasteiger charge is 2.38. The first-order chi connectivity index (χ1) is 19.4. The van der Waals surface area contributed by atoms with E-state index < -0.39 is 80.7 Å². The van der Waals surface area contributed by atoms with E-state index >= 15 is 0 Å². The van der Waals surface area contributed by atoms with E-state index in [2.05, 4.69) is 22.4 Å². The van der Waals surface area contributed by atoms with Crippen LogP contribution in [0.25, 0.3) is 0 Å². The summed E-state index contributed by atoms with van der Waals surface area (Å²) in [5.41, 5.74) is 1.23. The molecule has 0 heterocycles. The third-order valence-corrected chi connectivity index (χ3v) is 6.96. The first-order valence-corrected chi connectivity index (χ1v) is 13.3. The van der Waals surface area contributed by atoms with Crippen LogP contribution >= 0.6 is 12.2 Å². The number of benzene rings is 1. The standard InChI is InChI=1S/C26H34N4O10S/c31-22(32)11-28(12-23(33)34)19(9-17-5-7-18(8-6-17)27-16-41)10-29(13-24(35)36)20-3-1-2-4-21(20)30(14-25(37)38)15-26(39)40/h5-8,19-21H,1-4,9-15H2,(H,31,32)(H,33,34)(H,35,36)(H,37,38)(H,39,40)/t19-,20+,21?/m0/s1. The van der Waals surface area contributed by atoms with Crippen LogP contribution < -0.4 is 0 Å². The van der Waals surface area contributed by atoms with E-state index in [1.54, 1.807) is 29.2 Å². The Morgan fingerprint density at radius 1 is 0.756 bits per heavy atom. The SMILES string of the molecule is O=C(O)CN(CC(=O)O)C1CCCC[C@H]1N(CC(=O)O)C[C@H](Cc1ccc(N=C=S)cc1)N(CC(=O)O)CC(=O)O. The van der Waals surface area contributed by atoms with Crippen LogP contribution in [0.1, 0.15) is 31.2 Å². The topological polar surface area (TPSA) is 209 Å². The molecule has 0 radical (unpaired) electrons. The molecule has 0 spiro atoms. The zero-order valence-corrected chi connectivity index (χ0v) is 23.1. The number of carboxylic acid groups (broad SMARTS) is 5. The fourth-order valence-corrected chi connectivity index (χ4v) is 5.45. The monoisotopic (exact) mass is 594 g/mol. The summed E-state index contributed by atoms with van der Waals surface area (Å²) in [6.07, 6.45) is 2.40. The van der Waals surface area contributed by atoms with Gasteiger partial charge in [0.1, 0.15) is 0 Å². The Hall–Kier alpha value is -3.75. The molecule has 1 fully saturated rings. The number of nitrogens with zero attached hydrogens (tertiary/aromatic N) is 4. The molecule has 1 aliphatic carbocycles. The second-order valence-electron chi connectivity index (χ2n) is 9.85. The predicted octanol–water partition coefficient (Wildman–Crippen LogP) is 0.972. The number of aliphatic imine (C=N–C) groups is 1. The minimum Gasteiger partial charge on any atom is -0.480 e. The highest BCUT2D eigenvalue weighted by atomic mass is 32.1. The summed E-state index contributed by atoms with van der Waals surface area (Å²) in [7, 11) is 0. The molecule has 1 saturated carbocycles. The highest BCUT2D eigenvalue weighted by Crippen LogP contribution is 2.28. The van der Waals surface area contributed by atoms with Crippen molar-refractivity contribution in [2.45, 2.75) is 50.2 Å². The molecule has 0 aromatic heterocycles. The second kappa shape index (κ2) is 16.5. The van der Waals surface area contributed by atoms with Crippen LogP contribution in [-0.4, -0.2) is 133 Å². The first kappa shape index (κ1) is 33.5. The second-order valence-corrected chi connectivity index (χ2v) is 10.0. The first-order valence-electron chi connectivity index (χ1n) is 12.9. The number of carbonyl (C=O) groups is 5. The number of isothiocyanates is 1. The molecule has 1 unspecified atom stereocenters. The van der Waals surface area contributed by atoms with Gasteiger partial charge in [0.15, 0.2) is 0 Å². The lowest BCUT2D eigenvalue weighted by atomic mass is 9.87. The molecule has 41 heavy (non-hydrogen) atoms. The van der Waals surface area contributed by atoms with E-state index in [0.717, 1.165) is 0 Å². The van der Waals surface area contributed by atoms with E-state index in [9.17, 15) is 49.5 Å². The van der Waals surface area contributed by atoms with Crippen LogP contribution in [0.3, 0.4) is 0 Å². The van der Waals surface area contributed by atoms with Gasteiger partial charge in [-0.05, 0) is 49.2 Å². The predicted molar refractivity (Wildman–Crippen MR) is 148 cm³/mol. The molecular formula is C26H34N4O10S. The summed E-state index contributed by atoms with van der Waals surface area (Å²) >= 11 is 4.61. The lowest BCUT2D eigenvalue weighted by molar-refractivity contribution is -0.146. The maximum absolute atomic E-state index is 12.0. The van der Waals surface area contributed by atoms with E-state index in [0.29, 0.717) is 36.9 Å². The van der Waals surface area contributed by atoms with Crippen molar-refractivity contribution in [1.82, 2.24) is 14.7 Å². The minimum absolute atomic E-state index is 0.0676. The van der Waals surface area contributed by atoms with Gasteiger partial charge in [0.2, 0.25) is 0 Å². The average molecular weight is 595 g/mol. The Morgan fingerprint density at radius 3 is 1.63 bits per heavy atom. The maximum Gasteiger partial charge on any atom is 0.317 e. The van der Waals surface area contributed by atoms with Crippen molar-refractivity contribution in [2.24, 2.45) is 4.99 Å². The molecule has 2 rings (SSSR count).